The van der Waals surface area contributed by atoms with E-state index in [1.54, 1.807) is 0 Å². The third kappa shape index (κ3) is 28.8. The summed E-state index contributed by atoms with van der Waals surface area (Å²) in [6.07, 6.45) is 35.4. The van der Waals surface area contributed by atoms with Crippen molar-refractivity contribution in [1.29, 1.82) is 0 Å². The second kappa shape index (κ2) is 37.7. The van der Waals surface area contributed by atoms with Crippen molar-refractivity contribution in [2.45, 2.75) is 271 Å². The maximum Gasteiger partial charge on any atom is 0.306 e. The Kier molecular flexibility index (Phi) is 35.5. The van der Waals surface area contributed by atoms with E-state index in [1.807, 2.05) is 4.90 Å². The molecular weight excluding hydrogens is 729 g/mol. The number of nitrogens with zero attached hydrogens (tertiary/aromatic N) is 2. The summed E-state index contributed by atoms with van der Waals surface area (Å²) >= 11 is 1.45. The zero-order chi connectivity index (χ0) is 41.8. The van der Waals surface area contributed by atoms with Crippen molar-refractivity contribution in [1.82, 2.24) is 9.80 Å². The summed E-state index contributed by atoms with van der Waals surface area (Å²) in [5.41, 5.74) is 0. The lowest BCUT2D eigenvalue weighted by atomic mass is 10.0. The standard InChI is InChI=1S/C49H94N2O5S/c1-7-12-16-20-24-34-45(35-25-21-17-13-8-2)55-47(52)38-28-31-44(51(11-5)49(54)57-42-40-43-33-30-41-50(43)6)32-29-39-48(53)56-46(36-26-22-18-14-9-3)37-27-23-19-15-10-4/h43-46H,7-42H2,1-6H3. The largest absolute Gasteiger partial charge is 0.462 e. The van der Waals surface area contributed by atoms with E-state index in [0.29, 0.717) is 38.3 Å². The van der Waals surface area contributed by atoms with E-state index in [9.17, 15) is 14.4 Å². The van der Waals surface area contributed by atoms with Crippen molar-refractivity contribution >= 4 is 28.9 Å². The quantitative estimate of drug-likeness (QED) is 0.0451. The Bertz CT molecular complexity index is 886. The van der Waals surface area contributed by atoms with Gasteiger partial charge < -0.3 is 19.3 Å². The van der Waals surface area contributed by atoms with E-state index in [0.717, 1.165) is 82.9 Å². The van der Waals surface area contributed by atoms with Crippen molar-refractivity contribution in [3.8, 4) is 0 Å². The molecule has 1 fully saturated rings. The first-order valence-electron chi connectivity index (χ1n) is 24.8. The highest BCUT2D eigenvalue weighted by molar-refractivity contribution is 8.13. The minimum Gasteiger partial charge on any atom is -0.462 e. The summed E-state index contributed by atoms with van der Waals surface area (Å²) in [5.74, 6) is 0.639. The molecule has 57 heavy (non-hydrogen) atoms. The molecule has 1 unspecified atom stereocenters. The number of esters is 2. The van der Waals surface area contributed by atoms with E-state index in [1.165, 1.54) is 127 Å². The highest BCUT2D eigenvalue weighted by Crippen LogP contribution is 2.26. The number of rotatable bonds is 39. The van der Waals surface area contributed by atoms with Gasteiger partial charge in [0.05, 0.1) is 0 Å². The lowest BCUT2D eigenvalue weighted by molar-refractivity contribution is -0.150. The molecule has 0 radical (unpaired) electrons. The van der Waals surface area contributed by atoms with Crippen LogP contribution in [0.3, 0.4) is 0 Å². The fraction of sp³-hybridized carbons (Fsp3) is 0.939. The molecule has 1 atom stereocenters. The molecule has 0 bridgehead atoms. The van der Waals surface area contributed by atoms with Gasteiger partial charge in [0.25, 0.3) is 5.24 Å². The Morgan fingerprint density at radius 2 is 0.982 bits per heavy atom. The normalized spacial score (nSPS) is 14.6. The second-order valence-electron chi connectivity index (χ2n) is 17.4. The minimum absolute atomic E-state index is 0.00869. The molecule has 1 aliphatic rings. The van der Waals surface area contributed by atoms with E-state index in [4.69, 9.17) is 9.47 Å². The number of likely N-dealkylation sites (tertiary alicyclic amines) is 1. The molecule has 336 valence electrons. The maximum atomic E-state index is 13.7. The summed E-state index contributed by atoms with van der Waals surface area (Å²) in [6, 6.07) is 0.562. The molecule has 0 saturated carbocycles. The van der Waals surface area contributed by atoms with Gasteiger partial charge in [-0.05, 0) is 117 Å². The van der Waals surface area contributed by atoms with Crippen molar-refractivity contribution < 1.29 is 23.9 Å². The molecule has 1 saturated heterocycles. The molecule has 8 heteroatoms. The van der Waals surface area contributed by atoms with Gasteiger partial charge in [-0.1, -0.05) is 142 Å². The van der Waals surface area contributed by atoms with Gasteiger partial charge >= 0.3 is 11.9 Å². The third-order valence-electron chi connectivity index (χ3n) is 12.3. The van der Waals surface area contributed by atoms with Crippen LogP contribution in [0.1, 0.15) is 247 Å². The van der Waals surface area contributed by atoms with Crippen LogP contribution in [0, 0.1) is 0 Å². The first-order valence-corrected chi connectivity index (χ1v) is 25.8. The highest BCUT2D eigenvalue weighted by Gasteiger charge is 2.26. The lowest BCUT2D eigenvalue weighted by Gasteiger charge is -2.31. The highest BCUT2D eigenvalue weighted by atomic mass is 32.2. The number of carbonyl (C=O) groups is 3. The van der Waals surface area contributed by atoms with Crippen LogP contribution in [0.2, 0.25) is 0 Å². The van der Waals surface area contributed by atoms with Crippen LogP contribution in [0.5, 0.6) is 0 Å². The summed E-state index contributed by atoms with van der Waals surface area (Å²) in [4.78, 5) is 44.7. The van der Waals surface area contributed by atoms with Gasteiger partial charge in [0.15, 0.2) is 0 Å². The first kappa shape index (κ1) is 53.7. The zero-order valence-corrected chi connectivity index (χ0v) is 39.4. The molecule has 1 aliphatic heterocycles. The molecule has 1 amide bonds. The maximum absolute atomic E-state index is 13.7. The first-order chi connectivity index (χ1) is 27.8. The molecular formula is C49H94N2O5S. The minimum atomic E-state index is -0.0932. The van der Waals surface area contributed by atoms with Crippen molar-refractivity contribution in [2.24, 2.45) is 0 Å². The van der Waals surface area contributed by atoms with Gasteiger partial charge in [0, 0.05) is 37.2 Å². The summed E-state index contributed by atoms with van der Waals surface area (Å²) in [5, 5.41) is 0.130. The molecule has 0 spiro atoms. The Morgan fingerprint density at radius 1 is 0.579 bits per heavy atom. The number of unbranched alkanes of at least 4 members (excludes halogenated alkanes) is 16. The molecule has 7 nitrogen and oxygen atoms in total. The summed E-state index contributed by atoms with van der Waals surface area (Å²) in [6.45, 7) is 12.8. The van der Waals surface area contributed by atoms with E-state index < -0.39 is 0 Å². The number of hydrogen-bond acceptors (Lipinski definition) is 7. The number of hydrogen-bond donors (Lipinski definition) is 0. The Labute approximate surface area is 358 Å². The van der Waals surface area contributed by atoms with Gasteiger partial charge in [0.2, 0.25) is 0 Å². The lowest BCUT2D eigenvalue weighted by Crippen LogP contribution is -2.38. The topological polar surface area (TPSA) is 76.2 Å². The van der Waals surface area contributed by atoms with Crippen LogP contribution >= 0.6 is 11.8 Å². The predicted molar refractivity (Wildman–Crippen MR) is 245 cm³/mol. The van der Waals surface area contributed by atoms with Gasteiger partial charge in [0.1, 0.15) is 12.2 Å². The average molecular weight is 823 g/mol. The SMILES string of the molecule is CCCCCCCC(CCCCCCC)OC(=O)CCCC(CCCC(=O)OC(CCCCCCC)CCCCCCC)N(CC)C(=O)SCCC1CCCN1C. The van der Waals surface area contributed by atoms with Crippen LogP contribution in [0.15, 0.2) is 0 Å². The van der Waals surface area contributed by atoms with Crippen LogP contribution in [-0.2, 0) is 19.1 Å². The second-order valence-corrected chi connectivity index (χ2v) is 18.5. The predicted octanol–water partition coefficient (Wildman–Crippen LogP) is 14.6. The smallest absolute Gasteiger partial charge is 0.306 e. The van der Waals surface area contributed by atoms with Crippen LogP contribution in [0.25, 0.3) is 0 Å². The molecule has 0 aliphatic carbocycles. The third-order valence-corrected chi connectivity index (χ3v) is 13.2. The Balaban J connectivity index is 2.84. The van der Waals surface area contributed by atoms with Gasteiger partial charge in [-0.2, -0.15) is 0 Å². The van der Waals surface area contributed by atoms with E-state index in [-0.39, 0.29) is 35.4 Å². The van der Waals surface area contributed by atoms with Crippen LogP contribution in [-0.4, -0.2) is 77.2 Å². The van der Waals surface area contributed by atoms with E-state index in [2.05, 4.69) is 46.6 Å². The fourth-order valence-electron chi connectivity index (χ4n) is 8.58. The monoisotopic (exact) mass is 823 g/mol. The van der Waals surface area contributed by atoms with Gasteiger partial charge in [-0.25, -0.2) is 0 Å². The molecule has 0 aromatic rings. The molecule has 0 aromatic heterocycles. The number of amides is 1. The van der Waals surface area contributed by atoms with Crippen LogP contribution < -0.4 is 0 Å². The molecule has 0 aromatic carbocycles. The number of thioether (sulfide) groups is 1. The summed E-state index contributed by atoms with van der Waals surface area (Å²) in [7, 11) is 2.20. The van der Waals surface area contributed by atoms with Crippen molar-refractivity contribution in [3.05, 3.63) is 0 Å². The Morgan fingerprint density at radius 3 is 1.33 bits per heavy atom. The van der Waals surface area contributed by atoms with Crippen molar-refractivity contribution in [3.63, 3.8) is 0 Å². The molecule has 0 N–H and O–H groups in total. The average Bonchev–Trinajstić information content (AvgIpc) is 3.61. The summed E-state index contributed by atoms with van der Waals surface area (Å²) < 4.78 is 12.3. The number of ether oxygens (including phenoxy) is 2. The fourth-order valence-corrected chi connectivity index (χ4v) is 9.59. The molecule has 1 rings (SSSR count). The Hall–Kier alpha value is -1.28. The zero-order valence-electron chi connectivity index (χ0n) is 38.6. The number of carbonyl (C=O) groups excluding carboxylic acids is 3. The van der Waals surface area contributed by atoms with Crippen molar-refractivity contribution in [2.75, 3.05) is 25.9 Å². The van der Waals surface area contributed by atoms with Gasteiger partial charge in [-0.15, -0.1) is 0 Å². The van der Waals surface area contributed by atoms with Crippen LogP contribution in [0.4, 0.5) is 4.79 Å². The van der Waals surface area contributed by atoms with E-state index >= 15 is 0 Å². The van der Waals surface area contributed by atoms with Gasteiger partial charge in [-0.3, -0.25) is 14.4 Å². The molecule has 1 heterocycles.